The molecule has 162 valence electrons. The van der Waals surface area contributed by atoms with Gasteiger partial charge in [0, 0.05) is 25.8 Å². The first-order chi connectivity index (χ1) is 14.5. The molecule has 6 heteroatoms. The molecule has 6 nitrogen and oxygen atoms in total. The molecule has 2 N–H and O–H groups in total. The van der Waals surface area contributed by atoms with Gasteiger partial charge in [-0.05, 0) is 69.0 Å². The molecule has 1 atom stereocenters. The number of carbonyl (C=O) groups is 1. The lowest BCUT2D eigenvalue weighted by Crippen LogP contribution is -2.36. The summed E-state index contributed by atoms with van der Waals surface area (Å²) in [5.41, 5.74) is 2.06. The second-order valence-electron chi connectivity index (χ2n) is 8.21. The van der Waals surface area contributed by atoms with Crippen molar-refractivity contribution in [2.75, 3.05) is 18.0 Å². The summed E-state index contributed by atoms with van der Waals surface area (Å²) in [5, 5.41) is 5.96. The highest BCUT2D eigenvalue weighted by Gasteiger charge is 2.13. The molecule has 1 aliphatic heterocycles. The maximum Gasteiger partial charge on any atom is 0.315 e. The SMILES string of the molecule is CC(C)Oc1cccc(C(C)NC(=O)NCc2ccnc(N3CCCCCC3)c2)c1. The summed E-state index contributed by atoms with van der Waals surface area (Å²) in [7, 11) is 0. The van der Waals surface area contributed by atoms with Crippen LogP contribution in [0.3, 0.4) is 0 Å². The van der Waals surface area contributed by atoms with Crippen LogP contribution in [0.25, 0.3) is 0 Å². The summed E-state index contributed by atoms with van der Waals surface area (Å²) in [6.45, 7) is 8.55. The summed E-state index contributed by atoms with van der Waals surface area (Å²) in [5.74, 6) is 1.82. The molecule has 1 aromatic heterocycles. The number of urea groups is 1. The summed E-state index contributed by atoms with van der Waals surface area (Å²) < 4.78 is 5.75. The molecule has 2 amide bonds. The molecule has 0 bridgehead atoms. The van der Waals surface area contributed by atoms with E-state index in [9.17, 15) is 4.79 Å². The number of anilines is 1. The molecule has 0 radical (unpaired) electrons. The zero-order valence-electron chi connectivity index (χ0n) is 18.4. The van der Waals surface area contributed by atoms with Crippen LogP contribution in [-0.4, -0.2) is 30.2 Å². The lowest BCUT2D eigenvalue weighted by Gasteiger charge is -2.22. The fourth-order valence-electron chi connectivity index (χ4n) is 3.69. The van der Waals surface area contributed by atoms with Crippen molar-refractivity contribution in [3.63, 3.8) is 0 Å². The van der Waals surface area contributed by atoms with E-state index in [2.05, 4.69) is 26.6 Å². The van der Waals surface area contributed by atoms with Crippen molar-refractivity contribution < 1.29 is 9.53 Å². The molecular weight excluding hydrogens is 376 g/mol. The first-order valence-corrected chi connectivity index (χ1v) is 11.0. The van der Waals surface area contributed by atoms with E-state index in [1.54, 1.807) is 0 Å². The first kappa shape index (κ1) is 21.9. The minimum Gasteiger partial charge on any atom is -0.491 e. The van der Waals surface area contributed by atoms with Crippen LogP contribution in [0.5, 0.6) is 5.75 Å². The van der Waals surface area contributed by atoms with Crippen molar-refractivity contribution in [2.24, 2.45) is 0 Å². The lowest BCUT2D eigenvalue weighted by atomic mass is 10.1. The minimum absolute atomic E-state index is 0.117. The quantitative estimate of drug-likeness (QED) is 0.687. The molecule has 0 spiro atoms. The Kier molecular flexibility index (Phi) is 7.94. The average Bonchev–Trinajstić information content (AvgIpc) is 3.02. The van der Waals surface area contributed by atoms with E-state index >= 15 is 0 Å². The van der Waals surface area contributed by atoms with Gasteiger partial charge in [-0.1, -0.05) is 25.0 Å². The van der Waals surface area contributed by atoms with Gasteiger partial charge in [0.05, 0.1) is 12.1 Å². The molecule has 1 unspecified atom stereocenters. The van der Waals surface area contributed by atoms with Gasteiger partial charge in [0.25, 0.3) is 0 Å². The Bertz CT molecular complexity index is 816. The Balaban J connectivity index is 1.52. The number of amides is 2. The predicted octanol–water partition coefficient (Wildman–Crippen LogP) is 4.81. The number of nitrogens with one attached hydrogen (secondary N) is 2. The number of rotatable bonds is 7. The minimum atomic E-state index is -0.189. The van der Waals surface area contributed by atoms with E-state index < -0.39 is 0 Å². The van der Waals surface area contributed by atoms with Crippen LogP contribution in [0, 0.1) is 0 Å². The van der Waals surface area contributed by atoms with Gasteiger partial charge < -0.3 is 20.3 Å². The Morgan fingerprint density at radius 1 is 1.10 bits per heavy atom. The Morgan fingerprint density at radius 3 is 2.60 bits per heavy atom. The Morgan fingerprint density at radius 2 is 1.87 bits per heavy atom. The predicted molar refractivity (Wildman–Crippen MR) is 121 cm³/mol. The van der Waals surface area contributed by atoms with Gasteiger partial charge >= 0.3 is 6.03 Å². The molecule has 0 saturated carbocycles. The zero-order chi connectivity index (χ0) is 21.3. The van der Waals surface area contributed by atoms with E-state index in [1.807, 2.05) is 57.3 Å². The zero-order valence-corrected chi connectivity index (χ0v) is 18.4. The summed E-state index contributed by atoms with van der Waals surface area (Å²) in [6.07, 6.45) is 6.97. The van der Waals surface area contributed by atoms with Crippen LogP contribution >= 0.6 is 0 Å². The van der Waals surface area contributed by atoms with Crippen molar-refractivity contribution >= 4 is 11.8 Å². The first-order valence-electron chi connectivity index (χ1n) is 11.0. The van der Waals surface area contributed by atoms with Crippen LogP contribution in [-0.2, 0) is 6.54 Å². The molecule has 0 aliphatic carbocycles. The molecule has 2 heterocycles. The number of pyridine rings is 1. The van der Waals surface area contributed by atoms with Crippen molar-refractivity contribution in [3.05, 3.63) is 53.7 Å². The van der Waals surface area contributed by atoms with Gasteiger partial charge in [-0.2, -0.15) is 0 Å². The van der Waals surface area contributed by atoms with Crippen molar-refractivity contribution in [3.8, 4) is 5.75 Å². The smallest absolute Gasteiger partial charge is 0.315 e. The molecule has 1 aliphatic rings. The highest BCUT2D eigenvalue weighted by molar-refractivity contribution is 5.74. The highest BCUT2D eigenvalue weighted by atomic mass is 16.5. The molecule has 1 saturated heterocycles. The molecule has 1 fully saturated rings. The monoisotopic (exact) mass is 410 g/mol. The second kappa shape index (κ2) is 10.9. The second-order valence-corrected chi connectivity index (χ2v) is 8.21. The number of benzene rings is 1. The normalized spacial score (nSPS) is 15.4. The van der Waals surface area contributed by atoms with E-state index in [1.165, 1.54) is 25.7 Å². The van der Waals surface area contributed by atoms with Crippen molar-refractivity contribution in [1.82, 2.24) is 15.6 Å². The molecule has 1 aromatic carbocycles. The maximum absolute atomic E-state index is 12.4. The van der Waals surface area contributed by atoms with E-state index in [0.717, 1.165) is 35.8 Å². The Labute approximate surface area is 180 Å². The van der Waals surface area contributed by atoms with Gasteiger partial charge in [-0.25, -0.2) is 9.78 Å². The maximum atomic E-state index is 12.4. The third-order valence-electron chi connectivity index (χ3n) is 5.27. The number of aromatic nitrogens is 1. The highest BCUT2D eigenvalue weighted by Crippen LogP contribution is 2.20. The largest absolute Gasteiger partial charge is 0.491 e. The number of ether oxygens (including phenoxy) is 1. The van der Waals surface area contributed by atoms with Gasteiger partial charge in [-0.15, -0.1) is 0 Å². The Hall–Kier alpha value is -2.76. The van der Waals surface area contributed by atoms with E-state index in [4.69, 9.17) is 4.74 Å². The van der Waals surface area contributed by atoms with E-state index in [0.29, 0.717) is 6.54 Å². The molecule has 3 rings (SSSR count). The molecule has 2 aromatic rings. The number of carbonyl (C=O) groups excluding carboxylic acids is 1. The molecule has 30 heavy (non-hydrogen) atoms. The van der Waals surface area contributed by atoms with Gasteiger partial charge in [0.2, 0.25) is 0 Å². The van der Waals surface area contributed by atoms with Crippen LogP contribution < -0.4 is 20.3 Å². The molecular formula is C24H34N4O2. The van der Waals surface area contributed by atoms with Crippen molar-refractivity contribution in [2.45, 2.75) is 65.1 Å². The topological polar surface area (TPSA) is 66.5 Å². The summed E-state index contributed by atoms with van der Waals surface area (Å²) >= 11 is 0. The van der Waals surface area contributed by atoms with E-state index in [-0.39, 0.29) is 18.2 Å². The van der Waals surface area contributed by atoms with Crippen LogP contribution in [0.15, 0.2) is 42.6 Å². The van der Waals surface area contributed by atoms with Crippen molar-refractivity contribution in [1.29, 1.82) is 0 Å². The number of nitrogens with zero attached hydrogens (tertiary/aromatic N) is 2. The van der Waals surface area contributed by atoms with Crippen LogP contribution in [0.2, 0.25) is 0 Å². The fourth-order valence-corrected chi connectivity index (χ4v) is 3.69. The van der Waals surface area contributed by atoms with Gasteiger partial charge in [0.1, 0.15) is 11.6 Å². The number of hydrogen-bond donors (Lipinski definition) is 2. The standard InChI is InChI=1S/C24H34N4O2/c1-18(2)30-22-10-8-9-21(16-22)19(3)27-24(29)26-17-20-11-12-25-23(15-20)28-13-6-4-5-7-14-28/h8-12,15-16,18-19H,4-7,13-14,17H2,1-3H3,(H2,26,27,29). The third kappa shape index (κ3) is 6.65. The third-order valence-corrected chi connectivity index (χ3v) is 5.27. The van der Waals surface area contributed by atoms with Gasteiger partial charge in [-0.3, -0.25) is 0 Å². The summed E-state index contributed by atoms with van der Waals surface area (Å²) in [4.78, 5) is 19.3. The van der Waals surface area contributed by atoms with Crippen LogP contribution in [0.4, 0.5) is 10.6 Å². The van der Waals surface area contributed by atoms with Gasteiger partial charge in [0.15, 0.2) is 0 Å². The fraction of sp³-hybridized carbons (Fsp3) is 0.500. The summed E-state index contributed by atoms with van der Waals surface area (Å²) in [6, 6.07) is 11.6. The lowest BCUT2D eigenvalue weighted by molar-refractivity contribution is 0.236. The van der Waals surface area contributed by atoms with Crippen LogP contribution in [0.1, 0.15) is 63.6 Å². The average molecular weight is 411 g/mol. The number of hydrogen-bond acceptors (Lipinski definition) is 4.